The van der Waals surface area contributed by atoms with Crippen molar-refractivity contribution in [1.82, 2.24) is 9.88 Å². The molecule has 0 saturated carbocycles. The van der Waals surface area contributed by atoms with Crippen LogP contribution < -0.4 is 10.9 Å². The van der Waals surface area contributed by atoms with Crippen molar-refractivity contribution in [2.75, 3.05) is 19.7 Å². The van der Waals surface area contributed by atoms with Crippen molar-refractivity contribution in [3.8, 4) is 0 Å². The van der Waals surface area contributed by atoms with Crippen LogP contribution in [0.2, 0.25) is 0 Å². The van der Waals surface area contributed by atoms with Gasteiger partial charge in [-0.15, -0.1) is 0 Å². The van der Waals surface area contributed by atoms with Gasteiger partial charge < -0.3 is 15.0 Å². The lowest BCUT2D eigenvalue weighted by molar-refractivity contribution is 0.248. The van der Waals surface area contributed by atoms with E-state index in [-0.39, 0.29) is 12.2 Å². The van der Waals surface area contributed by atoms with E-state index in [4.69, 9.17) is 5.11 Å². The number of nitrogens with zero attached hydrogens (tertiary/aromatic N) is 1. The number of aliphatic hydroxyl groups excluding tert-OH is 1. The van der Waals surface area contributed by atoms with Crippen molar-refractivity contribution in [3.63, 3.8) is 0 Å². The maximum absolute atomic E-state index is 11.5. The van der Waals surface area contributed by atoms with Crippen LogP contribution in [0.1, 0.15) is 26.2 Å². The predicted octanol–water partition coefficient (Wildman–Crippen LogP) is 1.24. The highest BCUT2D eigenvalue weighted by Gasteiger charge is 2.06. The summed E-state index contributed by atoms with van der Waals surface area (Å²) in [7, 11) is 0. The topological polar surface area (TPSA) is 54.3 Å². The third-order valence-electron chi connectivity index (χ3n) is 3.10. The Hall–Kier alpha value is -1.13. The Morgan fingerprint density at radius 1 is 1.39 bits per heavy atom. The maximum atomic E-state index is 11.5. The zero-order valence-corrected chi connectivity index (χ0v) is 11.1. The number of hydrogen-bond acceptors (Lipinski definition) is 3. The van der Waals surface area contributed by atoms with E-state index in [1.165, 1.54) is 0 Å². The van der Waals surface area contributed by atoms with Crippen molar-refractivity contribution in [3.05, 3.63) is 34.7 Å². The zero-order chi connectivity index (χ0) is 13.2. The van der Waals surface area contributed by atoms with Gasteiger partial charge in [0.2, 0.25) is 0 Å². The normalized spacial score (nSPS) is 12.6. The van der Waals surface area contributed by atoms with Crippen molar-refractivity contribution >= 4 is 0 Å². The van der Waals surface area contributed by atoms with Gasteiger partial charge in [-0.1, -0.05) is 19.4 Å². The lowest BCUT2D eigenvalue weighted by Crippen LogP contribution is -2.29. The standard InChI is InChI=1S/C14H24N2O2/c1-2-5-13(7-11-17)12-15-8-10-16-9-4-3-6-14(16)18/h3-4,6,9,13,15,17H,2,5,7-8,10-12H2,1H3. The van der Waals surface area contributed by atoms with Crippen molar-refractivity contribution < 1.29 is 5.11 Å². The molecular formula is C14H24N2O2. The molecule has 0 amide bonds. The van der Waals surface area contributed by atoms with E-state index in [0.29, 0.717) is 12.5 Å². The lowest BCUT2D eigenvalue weighted by Gasteiger charge is -2.15. The fraction of sp³-hybridized carbons (Fsp3) is 0.643. The van der Waals surface area contributed by atoms with Crippen LogP contribution in [0.3, 0.4) is 0 Å². The largest absolute Gasteiger partial charge is 0.396 e. The van der Waals surface area contributed by atoms with Crippen LogP contribution in [0.15, 0.2) is 29.2 Å². The van der Waals surface area contributed by atoms with Gasteiger partial charge >= 0.3 is 0 Å². The number of pyridine rings is 1. The highest BCUT2D eigenvalue weighted by atomic mass is 16.3. The molecule has 0 spiro atoms. The third-order valence-corrected chi connectivity index (χ3v) is 3.10. The summed E-state index contributed by atoms with van der Waals surface area (Å²) in [5, 5.41) is 12.3. The minimum absolute atomic E-state index is 0.0415. The average Bonchev–Trinajstić information content (AvgIpc) is 2.37. The number of aliphatic hydroxyl groups is 1. The molecule has 0 aliphatic heterocycles. The van der Waals surface area contributed by atoms with Crippen molar-refractivity contribution in [1.29, 1.82) is 0 Å². The molecule has 0 aliphatic carbocycles. The Balaban J connectivity index is 2.25. The molecule has 0 aliphatic rings. The first kappa shape index (κ1) is 14.9. The van der Waals surface area contributed by atoms with Gasteiger partial charge in [-0.2, -0.15) is 0 Å². The third kappa shape index (κ3) is 5.47. The molecule has 1 rings (SSSR count). The fourth-order valence-electron chi connectivity index (χ4n) is 2.09. The molecule has 0 radical (unpaired) electrons. The van der Waals surface area contributed by atoms with Gasteiger partial charge in [-0.05, 0) is 31.4 Å². The first-order valence-electron chi connectivity index (χ1n) is 6.75. The van der Waals surface area contributed by atoms with Gasteiger partial charge in [0.05, 0.1) is 0 Å². The molecule has 4 heteroatoms. The summed E-state index contributed by atoms with van der Waals surface area (Å²) in [5.41, 5.74) is 0.0415. The Kier molecular flexibility index (Phi) is 7.37. The Morgan fingerprint density at radius 2 is 2.22 bits per heavy atom. The van der Waals surface area contributed by atoms with Crippen LogP contribution in [0.4, 0.5) is 0 Å². The molecule has 0 saturated heterocycles. The summed E-state index contributed by atoms with van der Waals surface area (Å²) in [6, 6.07) is 5.20. The average molecular weight is 252 g/mol. The summed E-state index contributed by atoms with van der Waals surface area (Å²) < 4.78 is 1.70. The molecule has 102 valence electrons. The van der Waals surface area contributed by atoms with Gasteiger partial charge in [0.15, 0.2) is 0 Å². The highest BCUT2D eigenvalue weighted by molar-refractivity contribution is 4.93. The first-order valence-corrected chi connectivity index (χ1v) is 6.75. The highest BCUT2D eigenvalue weighted by Crippen LogP contribution is 2.08. The smallest absolute Gasteiger partial charge is 0.250 e. The van der Waals surface area contributed by atoms with Gasteiger partial charge in [0.25, 0.3) is 5.56 Å². The summed E-state index contributed by atoms with van der Waals surface area (Å²) in [4.78, 5) is 11.5. The van der Waals surface area contributed by atoms with E-state index in [1.54, 1.807) is 22.9 Å². The minimum Gasteiger partial charge on any atom is -0.396 e. The van der Waals surface area contributed by atoms with Gasteiger partial charge in [-0.3, -0.25) is 4.79 Å². The molecule has 0 fully saturated rings. The predicted molar refractivity (Wildman–Crippen MR) is 73.7 cm³/mol. The number of nitrogens with one attached hydrogen (secondary N) is 1. The Bertz CT molecular complexity index is 370. The molecule has 1 atom stereocenters. The molecule has 0 aromatic carbocycles. The van der Waals surface area contributed by atoms with Crippen molar-refractivity contribution in [2.24, 2.45) is 5.92 Å². The van der Waals surface area contributed by atoms with Crippen LogP contribution >= 0.6 is 0 Å². The number of rotatable bonds is 9. The summed E-state index contributed by atoms with van der Waals surface area (Å²) in [5.74, 6) is 0.535. The molecule has 1 unspecified atom stereocenters. The van der Waals surface area contributed by atoms with Crippen LogP contribution in [-0.4, -0.2) is 29.4 Å². The first-order chi connectivity index (χ1) is 8.77. The minimum atomic E-state index is 0.0415. The SMILES string of the molecule is CCCC(CCO)CNCCn1ccccc1=O. The summed E-state index contributed by atoms with van der Waals surface area (Å²) in [6.45, 7) is 4.81. The van der Waals surface area contributed by atoms with E-state index >= 15 is 0 Å². The number of aromatic nitrogens is 1. The Morgan fingerprint density at radius 3 is 2.89 bits per heavy atom. The second-order valence-corrected chi connectivity index (χ2v) is 4.60. The van der Waals surface area contributed by atoms with Gasteiger partial charge in [0.1, 0.15) is 0 Å². The monoisotopic (exact) mass is 252 g/mol. The lowest BCUT2D eigenvalue weighted by atomic mass is 10.0. The quantitative estimate of drug-likeness (QED) is 0.650. The zero-order valence-electron chi connectivity index (χ0n) is 11.1. The van der Waals surface area contributed by atoms with Crippen LogP contribution in [-0.2, 0) is 6.54 Å². The van der Waals surface area contributed by atoms with E-state index in [9.17, 15) is 4.79 Å². The van der Waals surface area contributed by atoms with Crippen LogP contribution in [0.25, 0.3) is 0 Å². The van der Waals surface area contributed by atoms with Crippen LogP contribution in [0.5, 0.6) is 0 Å². The maximum Gasteiger partial charge on any atom is 0.250 e. The van der Waals surface area contributed by atoms with Gasteiger partial charge in [-0.25, -0.2) is 0 Å². The van der Waals surface area contributed by atoms with E-state index < -0.39 is 0 Å². The second-order valence-electron chi connectivity index (χ2n) is 4.60. The van der Waals surface area contributed by atoms with E-state index in [2.05, 4.69) is 12.2 Å². The van der Waals surface area contributed by atoms with Crippen molar-refractivity contribution in [2.45, 2.75) is 32.7 Å². The molecule has 1 heterocycles. The molecule has 1 aromatic heterocycles. The molecule has 1 aromatic rings. The second kappa shape index (κ2) is 8.89. The van der Waals surface area contributed by atoms with E-state index in [1.807, 2.05) is 6.07 Å². The molecule has 18 heavy (non-hydrogen) atoms. The van der Waals surface area contributed by atoms with Gasteiger partial charge in [0, 0.05) is 32.0 Å². The fourth-order valence-corrected chi connectivity index (χ4v) is 2.09. The van der Waals surface area contributed by atoms with E-state index in [0.717, 1.165) is 32.4 Å². The molecule has 2 N–H and O–H groups in total. The number of hydrogen-bond donors (Lipinski definition) is 2. The molecule has 0 bridgehead atoms. The summed E-state index contributed by atoms with van der Waals surface area (Å²) in [6.07, 6.45) is 4.94. The molecule has 4 nitrogen and oxygen atoms in total. The van der Waals surface area contributed by atoms with Crippen LogP contribution in [0, 0.1) is 5.92 Å². The molecular weight excluding hydrogens is 228 g/mol. The Labute approximate surface area is 109 Å². The summed E-state index contributed by atoms with van der Waals surface area (Å²) >= 11 is 0.